The number of aromatic nitrogens is 3. The molecule has 0 radical (unpaired) electrons. The lowest BCUT2D eigenvalue weighted by molar-refractivity contribution is 0.0924. The van der Waals surface area contributed by atoms with Crippen LogP contribution in [0.3, 0.4) is 0 Å². The van der Waals surface area contributed by atoms with Gasteiger partial charge < -0.3 is 10.1 Å². The number of nitrogens with one attached hydrogen (secondary N) is 1. The summed E-state index contributed by atoms with van der Waals surface area (Å²) in [4.78, 5) is 15.7. The number of hydrogen-bond donors (Lipinski definition) is 1. The first-order valence-corrected chi connectivity index (χ1v) is 11.1. The van der Waals surface area contributed by atoms with E-state index in [4.69, 9.17) is 4.74 Å². The molecule has 29 heavy (non-hydrogen) atoms. The van der Waals surface area contributed by atoms with Crippen LogP contribution in [0.4, 0.5) is 0 Å². The molecular weight excluding hydrogens is 366 g/mol. The molecule has 1 N–H and O–H groups in total. The van der Waals surface area contributed by atoms with Crippen LogP contribution >= 0.6 is 0 Å². The van der Waals surface area contributed by atoms with Crippen LogP contribution in [0.2, 0.25) is 0 Å². The summed E-state index contributed by atoms with van der Waals surface area (Å²) in [5.41, 5.74) is 2.08. The molecule has 2 fully saturated rings. The zero-order valence-electron chi connectivity index (χ0n) is 17.7. The Hall–Kier alpha value is -2.15. The van der Waals surface area contributed by atoms with Crippen LogP contribution in [0.15, 0.2) is 12.1 Å². The molecule has 158 valence electrons. The van der Waals surface area contributed by atoms with Crippen molar-refractivity contribution in [2.75, 3.05) is 26.7 Å². The first-order chi connectivity index (χ1) is 14.2. The molecule has 1 amide bonds. The fraction of sp³-hybridized carbons (Fsp3) is 0.682. The number of methoxy groups -OCH3 is 1. The Morgan fingerprint density at radius 3 is 2.76 bits per heavy atom. The van der Waals surface area contributed by atoms with E-state index in [9.17, 15) is 4.79 Å². The van der Waals surface area contributed by atoms with E-state index in [1.165, 1.54) is 51.5 Å². The predicted molar refractivity (Wildman–Crippen MR) is 113 cm³/mol. The number of ether oxygens (including phenoxy) is 1. The van der Waals surface area contributed by atoms with Crippen LogP contribution in [0, 0.1) is 5.92 Å². The molecule has 0 spiro atoms. The molecule has 1 atom stereocenters. The number of benzene rings is 1. The molecule has 4 rings (SSSR count). The van der Waals surface area contributed by atoms with Gasteiger partial charge in [0.05, 0.1) is 18.2 Å². The highest BCUT2D eigenvalue weighted by molar-refractivity contribution is 6.00. The molecule has 1 aliphatic carbocycles. The molecule has 1 unspecified atom stereocenters. The number of amides is 1. The van der Waals surface area contributed by atoms with E-state index in [0.29, 0.717) is 29.4 Å². The van der Waals surface area contributed by atoms with E-state index in [0.717, 1.165) is 24.4 Å². The molecule has 0 bridgehead atoms. The summed E-state index contributed by atoms with van der Waals surface area (Å²) >= 11 is 0. The lowest BCUT2D eigenvalue weighted by atomic mass is 10.1. The zero-order valence-corrected chi connectivity index (χ0v) is 17.7. The molecule has 2 aromatic rings. The number of fused-ring (bicyclic) bond motifs is 1. The van der Waals surface area contributed by atoms with Crippen molar-refractivity contribution in [3.8, 4) is 5.75 Å². The van der Waals surface area contributed by atoms with Crippen LogP contribution in [-0.2, 0) is 7.05 Å². The second-order valence-electron chi connectivity index (χ2n) is 8.61. The number of carbonyl (C=O) groups excluding carboxylic acids is 1. The molecule has 2 heterocycles. The van der Waals surface area contributed by atoms with Gasteiger partial charge in [0.1, 0.15) is 11.3 Å². The monoisotopic (exact) mass is 399 g/mol. The van der Waals surface area contributed by atoms with Gasteiger partial charge in [0.15, 0.2) is 0 Å². The van der Waals surface area contributed by atoms with Gasteiger partial charge in [0.2, 0.25) is 0 Å². The Bertz CT molecular complexity index is 845. The lowest BCUT2D eigenvalue weighted by Gasteiger charge is -2.31. The van der Waals surface area contributed by atoms with E-state index >= 15 is 0 Å². The highest BCUT2D eigenvalue weighted by atomic mass is 16.5. The smallest absolute Gasteiger partial charge is 0.255 e. The predicted octanol–water partition coefficient (Wildman–Crippen LogP) is 3.14. The fourth-order valence-corrected chi connectivity index (χ4v) is 4.41. The Kier molecular flexibility index (Phi) is 6.33. The molecule has 2 aliphatic rings. The minimum absolute atomic E-state index is 0.0966. The van der Waals surface area contributed by atoms with Crippen molar-refractivity contribution in [1.29, 1.82) is 0 Å². The van der Waals surface area contributed by atoms with Crippen molar-refractivity contribution in [2.45, 2.75) is 57.4 Å². The van der Waals surface area contributed by atoms with Gasteiger partial charge in [-0.05, 0) is 44.2 Å². The quantitative estimate of drug-likeness (QED) is 0.808. The van der Waals surface area contributed by atoms with Gasteiger partial charge in [0.25, 0.3) is 5.91 Å². The number of nitrogens with zero attached hydrogens (tertiary/aromatic N) is 4. The zero-order chi connectivity index (χ0) is 20.2. The minimum Gasteiger partial charge on any atom is -0.496 e. The van der Waals surface area contributed by atoms with Crippen LogP contribution in [0.5, 0.6) is 5.75 Å². The third-order valence-electron chi connectivity index (χ3n) is 6.36. The van der Waals surface area contributed by atoms with Gasteiger partial charge in [-0.3, -0.25) is 9.69 Å². The van der Waals surface area contributed by atoms with Crippen LogP contribution in [0.25, 0.3) is 11.0 Å². The lowest BCUT2D eigenvalue weighted by Crippen LogP contribution is -2.45. The number of hydrogen-bond acceptors (Lipinski definition) is 5. The van der Waals surface area contributed by atoms with Crippen LogP contribution < -0.4 is 10.1 Å². The normalized spacial score (nSPS) is 21.4. The molecule has 1 saturated heterocycles. The van der Waals surface area contributed by atoms with Crippen LogP contribution in [-0.4, -0.2) is 58.6 Å². The average Bonchev–Trinajstić information content (AvgIpc) is 3.46. The molecular formula is C22H33N5O2. The molecule has 1 aromatic heterocycles. The van der Waals surface area contributed by atoms with E-state index in [2.05, 4.69) is 20.5 Å². The van der Waals surface area contributed by atoms with Crippen molar-refractivity contribution in [1.82, 2.24) is 25.2 Å². The Morgan fingerprint density at radius 1 is 1.17 bits per heavy atom. The summed E-state index contributed by atoms with van der Waals surface area (Å²) in [6, 6.07) is 4.04. The highest BCUT2D eigenvalue weighted by Gasteiger charge is 2.28. The third-order valence-corrected chi connectivity index (χ3v) is 6.36. The van der Waals surface area contributed by atoms with Gasteiger partial charge in [0, 0.05) is 32.2 Å². The van der Waals surface area contributed by atoms with Gasteiger partial charge in [-0.1, -0.05) is 30.9 Å². The van der Waals surface area contributed by atoms with Gasteiger partial charge in [-0.25, -0.2) is 4.68 Å². The SMILES string of the molecule is COc1cc2c(cc1C(=O)NCC1CCCCCCCN1CC1CC1)nnn2C. The van der Waals surface area contributed by atoms with Gasteiger partial charge in [-0.2, -0.15) is 0 Å². The Balaban J connectivity index is 1.46. The topological polar surface area (TPSA) is 72.3 Å². The summed E-state index contributed by atoms with van der Waals surface area (Å²) in [5.74, 6) is 1.33. The standard InChI is InChI=1S/C22H33N5O2/c1-26-20-13-21(29-2)18(12-19(20)24-25-26)22(28)23-14-17-8-6-4-3-5-7-11-27(17)15-16-9-10-16/h12-13,16-17H,3-11,14-15H2,1-2H3,(H,23,28). The maximum Gasteiger partial charge on any atom is 0.255 e. The van der Waals surface area contributed by atoms with Gasteiger partial charge >= 0.3 is 0 Å². The summed E-state index contributed by atoms with van der Waals surface area (Å²) in [6.07, 6.45) is 10.4. The number of carbonyl (C=O) groups is 1. The summed E-state index contributed by atoms with van der Waals surface area (Å²) in [6.45, 7) is 3.04. The van der Waals surface area contributed by atoms with E-state index in [1.54, 1.807) is 17.9 Å². The second kappa shape index (κ2) is 9.11. The van der Waals surface area contributed by atoms with Gasteiger partial charge in [-0.15, -0.1) is 5.10 Å². The van der Waals surface area contributed by atoms with Crippen molar-refractivity contribution >= 4 is 16.9 Å². The fourth-order valence-electron chi connectivity index (χ4n) is 4.41. The maximum atomic E-state index is 13.0. The number of aryl methyl sites for hydroxylation is 1. The average molecular weight is 400 g/mol. The van der Waals surface area contributed by atoms with Crippen molar-refractivity contribution in [3.63, 3.8) is 0 Å². The number of rotatable bonds is 6. The first-order valence-electron chi connectivity index (χ1n) is 11.1. The minimum atomic E-state index is -0.0966. The molecule has 7 heteroatoms. The largest absolute Gasteiger partial charge is 0.496 e. The van der Waals surface area contributed by atoms with Crippen LogP contribution in [0.1, 0.15) is 61.7 Å². The van der Waals surface area contributed by atoms with Crippen molar-refractivity contribution in [2.24, 2.45) is 13.0 Å². The van der Waals surface area contributed by atoms with E-state index in [-0.39, 0.29) is 5.91 Å². The maximum absolute atomic E-state index is 13.0. The molecule has 1 aliphatic heterocycles. The second-order valence-corrected chi connectivity index (χ2v) is 8.61. The first kappa shape index (κ1) is 20.1. The molecule has 1 saturated carbocycles. The van der Waals surface area contributed by atoms with E-state index < -0.39 is 0 Å². The third kappa shape index (κ3) is 4.89. The van der Waals surface area contributed by atoms with Crippen molar-refractivity contribution < 1.29 is 9.53 Å². The summed E-state index contributed by atoms with van der Waals surface area (Å²) in [7, 11) is 3.43. The highest BCUT2D eigenvalue weighted by Crippen LogP contribution is 2.31. The Labute approximate surface area is 172 Å². The van der Waals surface area contributed by atoms with Crippen molar-refractivity contribution in [3.05, 3.63) is 17.7 Å². The summed E-state index contributed by atoms with van der Waals surface area (Å²) < 4.78 is 7.17. The van der Waals surface area contributed by atoms with E-state index in [1.807, 2.05) is 13.1 Å². The Morgan fingerprint density at radius 2 is 1.97 bits per heavy atom. The molecule has 1 aromatic carbocycles. The molecule has 7 nitrogen and oxygen atoms in total. The summed E-state index contributed by atoms with van der Waals surface area (Å²) in [5, 5.41) is 11.4.